The highest BCUT2D eigenvalue weighted by molar-refractivity contribution is 5.48. The van der Waals surface area contributed by atoms with Gasteiger partial charge in [-0.15, -0.1) is 0 Å². The maximum Gasteiger partial charge on any atom is 0.210 e. The molecule has 4 nitrogen and oxygen atoms in total. The molecular formula is C17H24N2O2. The average molecular weight is 288 g/mol. The van der Waals surface area contributed by atoms with E-state index in [1.165, 1.54) is 11.1 Å². The molecule has 1 aromatic rings. The molecule has 1 heterocycles. The third-order valence-corrected chi connectivity index (χ3v) is 4.01. The first-order valence-electron chi connectivity index (χ1n) is 7.44. The van der Waals surface area contributed by atoms with Crippen LogP contribution in [0.25, 0.3) is 0 Å². The van der Waals surface area contributed by atoms with Crippen LogP contribution in [0.2, 0.25) is 0 Å². The van der Waals surface area contributed by atoms with Crippen LogP contribution in [0.3, 0.4) is 0 Å². The molecule has 2 rings (SSSR count). The first-order chi connectivity index (χ1) is 10.2. The molecular weight excluding hydrogens is 264 g/mol. The number of aryl methyl sites for hydroxylation is 1. The minimum atomic E-state index is 0.260. The van der Waals surface area contributed by atoms with Crippen molar-refractivity contribution in [3.8, 4) is 0 Å². The van der Waals surface area contributed by atoms with E-state index in [0.717, 1.165) is 51.1 Å². The number of benzene rings is 1. The van der Waals surface area contributed by atoms with Crippen molar-refractivity contribution in [1.82, 2.24) is 10.2 Å². The quantitative estimate of drug-likeness (QED) is 0.614. The molecule has 1 aliphatic rings. The fourth-order valence-corrected chi connectivity index (χ4v) is 2.60. The zero-order valence-corrected chi connectivity index (χ0v) is 12.7. The third-order valence-electron chi connectivity index (χ3n) is 4.01. The fourth-order valence-electron chi connectivity index (χ4n) is 2.60. The number of rotatable bonds is 7. The molecule has 0 aliphatic carbocycles. The SMILES string of the molecule is C=C(CCc1ccc(CC2CNCCN2C=O)cc1)OC. The summed E-state index contributed by atoms with van der Waals surface area (Å²) in [6.45, 7) is 6.39. The maximum absolute atomic E-state index is 11.1. The molecule has 0 spiro atoms. The topological polar surface area (TPSA) is 41.6 Å². The molecule has 1 amide bonds. The number of piperazine rings is 1. The van der Waals surface area contributed by atoms with E-state index in [1.54, 1.807) is 7.11 Å². The van der Waals surface area contributed by atoms with Gasteiger partial charge >= 0.3 is 0 Å². The minimum Gasteiger partial charge on any atom is -0.502 e. The van der Waals surface area contributed by atoms with Gasteiger partial charge in [0.1, 0.15) is 0 Å². The lowest BCUT2D eigenvalue weighted by atomic mass is 10.0. The number of allylic oxidation sites excluding steroid dienone is 1. The predicted molar refractivity (Wildman–Crippen MR) is 84.0 cm³/mol. The van der Waals surface area contributed by atoms with E-state index in [-0.39, 0.29) is 6.04 Å². The number of nitrogens with zero attached hydrogens (tertiary/aromatic N) is 1. The molecule has 1 fully saturated rings. The molecule has 0 radical (unpaired) electrons. The van der Waals surface area contributed by atoms with Crippen molar-refractivity contribution in [2.24, 2.45) is 0 Å². The maximum atomic E-state index is 11.1. The van der Waals surface area contributed by atoms with Crippen molar-refractivity contribution in [3.63, 3.8) is 0 Å². The lowest BCUT2D eigenvalue weighted by molar-refractivity contribution is -0.120. The number of carbonyl (C=O) groups excluding carboxylic acids is 1. The number of hydrogen-bond donors (Lipinski definition) is 1. The van der Waals surface area contributed by atoms with Crippen molar-refractivity contribution in [2.45, 2.75) is 25.3 Å². The zero-order chi connectivity index (χ0) is 15.1. The van der Waals surface area contributed by atoms with Crippen molar-refractivity contribution in [3.05, 3.63) is 47.7 Å². The van der Waals surface area contributed by atoms with Gasteiger partial charge in [0.25, 0.3) is 0 Å². The average Bonchev–Trinajstić information content (AvgIpc) is 2.54. The van der Waals surface area contributed by atoms with Gasteiger partial charge in [0.2, 0.25) is 6.41 Å². The van der Waals surface area contributed by atoms with Crippen LogP contribution in [0, 0.1) is 0 Å². The Morgan fingerprint density at radius 3 is 2.81 bits per heavy atom. The van der Waals surface area contributed by atoms with Crippen molar-refractivity contribution in [1.29, 1.82) is 0 Å². The number of nitrogens with one attached hydrogen (secondary N) is 1. The monoisotopic (exact) mass is 288 g/mol. The van der Waals surface area contributed by atoms with Crippen LogP contribution in [0.4, 0.5) is 0 Å². The van der Waals surface area contributed by atoms with Crippen LogP contribution in [-0.2, 0) is 22.4 Å². The van der Waals surface area contributed by atoms with E-state index in [4.69, 9.17) is 4.74 Å². The van der Waals surface area contributed by atoms with Gasteiger partial charge in [0, 0.05) is 32.1 Å². The van der Waals surface area contributed by atoms with Crippen LogP contribution in [-0.4, -0.2) is 44.1 Å². The normalized spacial score (nSPS) is 18.3. The van der Waals surface area contributed by atoms with Crippen LogP contribution >= 0.6 is 0 Å². The van der Waals surface area contributed by atoms with Gasteiger partial charge in [-0.05, 0) is 24.0 Å². The Balaban J connectivity index is 1.89. The summed E-state index contributed by atoms with van der Waals surface area (Å²) in [5.74, 6) is 0.814. The summed E-state index contributed by atoms with van der Waals surface area (Å²) < 4.78 is 5.08. The Bertz CT molecular complexity index is 470. The van der Waals surface area contributed by atoms with Gasteiger partial charge in [0.15, 0.2) is 0 Å². The summed E-state index contributed by atoms with van der Waals surface area (Å²) in [4.78, 5) is 13.0. The summed E-state index contributed by atoms with van der Waals surface area (Å²) in [7, 11) is 1.66. The van der Waals surface area contributed by atoms with Gasteiger partial charge in [-0.25, -0.2) is 0 Å². The van der Waals surface area contributed by atoms with Crippen LogP contribution in [0.5, 0.6) is 0 Å². The molecule has 1 N–H and O–H groups in total. The van der Waals surface area contributed by atoms with Gasteiger partial charge in [-0.1, -0.05) is 30.8 Å². The summed E-state index contributed by atoms with van der Waals surface area (Å²) in [5, 5.41) is 3.35. The van der Waals surface area contributed by atoms with Crippen LogP contribution in [0.1, 0.15) is 17.5 Å². The first kappa shape index (κ1) is 15.6. The van der Waals surface area contributed by atoms with E-state index in [9.17, 15) is 4.79 Å². The van der Waals surface area contributed by atoms with E-state index >= 15 is 0 Å². The Morgan fingerprint density at radius 2 is 2.14 bits per heavy atom. The molecule has 4 heteroatoms. The van der Waals surface area contributed by atoms with Crippen LogP contribution < -0.4 is 5.32 Å². The number of methoxy groups -OCH3 is 1. The molecule has 0 saturated carbocycles. The molecule has 0 bridgehead atoms. The second kappa shape index (κ2) is 7.84. The van der Waals surface area contributed by atoms with Gasteiger partial charge in [-0.2, -0.15) is 0 Å². The van der Waals surface area contributed by atoms with E-state index in [2.05, 4.69) is 36.2 Å². The second-order valence-electron chi connectivity index (χ2n) is 5.46. The molecule has 1 atom stereocenters. The second-order valence-corrected chi connectivity index (χ2v) is 5.46. The smallest absolute Gasteiger partial charge is 0.210 e. The number of carbonyl (C=O) groups is 1. The first-order valence-corrected chi connectivity index (χ1v) is 7.44. The number of amides is 1. The molecule has 21 heavy (non-hydrogen) atoms. The predicted octanol–water partition coefficient (Wildman–Crippen LogP) is 1.75. The Hall–Kier alpha value is -1.81. The third kappa shape index (κ3) is 4.60. The molecule has 1 saturated heterocycles. The molecule has 1 aromatic carbocycles. The standard InChI is InChI=1S/C17H24N2O2/c1-14(21-2)3-4-15-5-7-16(8-6-15)11-17-12-18-9-10-19(17)13-20/h5-8,13,17-18H,1,3-4,9-12H2,2H3. The van der Waals surface area contributed by atoms with Crippen molar-refractivity contribution < 1.29 is 9.53 Å². The summed E-state index contributed by atoms with van der Waals surface area (Å²) in [6.07, 6.45) is 3.66. The number of ether oxygens (including phenoxy) is 1. The van der Waals surface area contributed by atoms with Crippen molar-refractivity contribution in [2.75, 3.05) is 26.7 Å². The summed E-state index contributed by atoms with van der Waals surface area (Å²) >= 11 is 0. The molecule has 1 unspecified atom stereocenters. The van der Waals surface area contributed by atoms with Gasteiger partial charge in [0.05, 0.1) is 12.9 Å². The molecule has 0 aromatic heterocycles. The molecule has 1 aliphatic heterocycles. The van der Waals surface area contributed by atoms with Crippen molar-refractivity contribution >= 4 is 6.41 Å². The fraction of sp³-hybridized carbons (Fsp3) is 0.471. The largest absolute Gasteiger partial charge is 0.502 e. The highest BCUT2D eigenvalue weighted by atomic mass is 16.5. The number of hydrogen-bond acceptors (Lipinski definition) is 3. The zero-order valence-electron chi connectivity index (χ0n) is 12.7. The van der Waals surface area contributed by atoms with E-state index in [1.807, 2.05) is 4.90 Å². The van der Waals surface area contributed by atoms with E-state index < -0.39 is 0 Å². The molecule has 114 valence electrons. The lowest BCUT2D eigenvalue weighted by Gasteiger charge is -2.33. The minimum absolute atomic E-state index is 0.260. The van der Waals surface area contributed by atoms with Gasteiger partial charge in [-0.3, -0.25) is 4.79 Å². The Labute approximate surface area is 126 Å². The van der Waals surface area contributed by atoms with Gasteiger partial charge < -0.3 is 15.0 Å². The summed E-state index contributed by atoms with van der Waals surface area (Å²) in [5.41, 5.74) is 2.55. The highest BCUT2D eigenvalue weighted by Gasteiger charge is 2.20. The summed E-state index contributed by atoms with van der Waals surface area (Å²) in [6, 6.07) is 8.88. The lowest BCUT2D eigenvalue weighted by Crippen LogP contribution is -2.51. The Kier molecular flexibility index (Phi) is 5.81. The Morgan fingerprint density at radius 1 is 1.43 bits per heavy atom. The van der Waals surface area contributed by atoms with E-state index in [0.29, 0.717) is 0 Å². The van der Waals surface area contributed by atoms with Crippen LogP contribution in [0.15, 0.2) is 36.6 Å². The highest BCUT2D eigenvalue weighted by Crippen LogP contribution is 2.13.